The third-order valence-corrected chi connectivity index (χ3v) is 0.471. The van der Waals surface area contributed by atoms with Gasteiger partial charge < -0.3 is 4.74 Å². The van der Waals surface area contributed by atoms with Gasteiger partial charge in [-0.05, 0) is 0 Å². The van der Waals surface area contributed by atoms with E-state index in [1.165, 1.54) is 0 Å². The van der Waals surface area contributed by atoms with E-state index in [0.29, 0.717) is 13.2 Å². The Morgan fingerprint density at radius 2 is 1.50 bits per heavy atom. The Kier molecular flexibility index (Phi) is 12.5. The first-order valence-corrected chi connectivity index (χ1v) is 2.21. The van der Waals surface area contributed by atoms with Crippen LogP contribution in [0.25, 0.3) is 0 Å². The van der Waals surface area contributed by atoms with E-state index in [1.807, 2.05) is 0 Å². The summed E-state index contributed by atoms with van der Waals surface area (Å²) >= 11 is 0. The van der Waals surface area contributed by atoms with E-state index < -0.39 is 0 Å². The molecule has 0 rings (SSSR count). The summed E-state index contributed by atoms with van der Waals surface area (Å²) in [6, 6.07) is 0. The molecule has 0 aromatic heterocycles. The highest BCUT2D eigenvalue weighted by molar-refractivity contribution is 4.68. The van der Waals surface area contributed by atoms with Crippen LogP contribution in [0.1, 0.15) is 0 Å². The molecule has 8 heavy (non-hydrogen) atoms. The molecule has 0 aromatic rings. The molecule has 0 aliphatic rings. The molecule has 47 valence electrons. The van der Waals surface area contributed by atoms with Crippen LogP contribution < -0.4 is 0 Å². The SMILES string of the molecule is C=CCOCC=C.[OH]. The van der Waals surface area contributed by atoms with Crippen molar-refractivity contribution in [2.75, 3.05) is 13.2 Å². The normalized spacial score (nSPS) is 7.00. The van der Waals surface area contributed by atoms with E-state index >= 15 is 0 Å². The second kappa shape index (κ2) is 9.64. The van der Waals surface area contributed by atoms with Gasteiger partial charge in [-0.1, -0.05) is 12.2 Å². The second-order valence-electron chi connectivity index (χ2n) is 1.11. The van der Waals surface area contributed by atoms with Gasteiger partial charge in [-0.3, -0.25) is 5.48 Å². The summed E-state index contributed by atoms with van der Waals surface area (Å²) in [6.45, 7) is 8.18. The van der Waals surface area contributed by atoms with Crippen LogP contribution in [0.5, 0.6) is 0 Å². The summed E-state index contributed by atoms with van der Waals surface area (Å²) in [6.07, 6.45) is 3.42. The average molecular weight is 115 g/mol. The Morgan fingerprint density at radius 1 is 1.12 bits per heavy atom. The highest BCUT2D eigenvalue weighted by Gasteiger charge is 1.70. The number of rotatable bonds is 4. The van der Waals surface area contributed by atoms with Crippen LogP contribution in [-0.4, -0.2) is 18.7 Å². The van der Waals surface area contributed by atoms with Gasteiger partial charge in [0.15, 0.2) is 0 Å². The number of hydrogen-bond acceptors (Lipinski definition) is 1. The van der Waals surface area contributed by atoms with Crippen LogP contribution in [-0.2, 0) is 4.74 Å². The molecule has 0 fully saturated rings. The van der Waals surface area contributed by atoms with E-state index in [1.54, 1.807) is 12.2 Å². The first kappa shape index (κ1) is 10.4. The van der Waals surface area contributed by atoms with Crippen molar-refractivity contribution in [1.29, 1.82) is 0 Å². The minimum absolute atomic E-state index is 0. The van der Waals surface area contributed by atoms with E-state index in [2.05, 4.69) is 13.2 Å². The van der Waals surface area contributed by atoms with Crippen molar-refractivity contribution in [3.05, 3.63) is 25.3 Å². The van der Waals surface area contributed by atoms with E-state index in [9.17, 15) is 0 Å². The lowest BCUT2D eigenvalue weighted by atomic mass is 10.6. The minimum Gasteiger partial charge on any atom is -0.373 e. The Bertz CT molecular complexity index is 51.5. The molecule has 1 N–H and O–H groups in total. The second-order valence-corrected chi connectivity index (χ2v) is 1.11. The monoisotopic (exact) mass is 115 g/mol. The maximum Gasteiger partial charge on any atom is 0.0649 e. The van der Waals surface area contributed by atoms with Crippen molar-refractivity contribution < 1.29 is 10.2 Å². The zero-order chi connectivity index (χ0) is 5.54. The molecule has 0 unspecified atom stereocenters. The third kappa shape index (κ3) is 9.04. The van der Waals surface area contributed by atoms with Gasteiger partial charge in [0.25, 0.3) is 0 Å². The van der Waals surface area contributed by atoms with Gasteiger partial charge in [-0.25, -0.2) is 0 Å². The predicted octanol–water partition coefficient (Wildman–Crippen LogP) is 1.20. The summed E-state index contributed by atoms with van der Waals surface area (Å²) in [5.41, 5.74) is 0. The lowest BCUT2D eigenvalue weighted by Crippen LogP contribution is -1.87. The van der Waals surface area contributed by atoms with E-state index in [4.69, 9.17) is 4.74 Å². The van der Waals surface area contributed by atoms with Crippen molar-refractivity contribution in [2.24, 2.45) is 0 Å². The lowest BCUT2D eigenvalue weighted by Gasteiger charge is -1.89. The smallest absolute Gasteiger partial charge is 0.0649 e. The highest BCUT2D eigenvalue weighted by Crippen LogP contribution is 1.72. The van der Waals surface area contributed by atoms with Gasteiger partial charge in [0.1, 0.15) is 0 Å². The number of ether oxygens (including phenoxy) is 1. The lowest BCUT2D eigenvalue weighted by molar-refractivity contribution is 0.194. The molecule has 0 atom stereocenters. The van der Waals surface area contributed by atoms with Crippen LogP contribution in [0.15, 0.2) is 25.3 Å². The average Bonchev–Trinajstić information content (AvgIpc) is 1.69. The first-order chi connectivity index (χ1) is 3.41. The van der Waals surface area contributed by atoms with Gasteiger partial charge in [-0.2, -0.15) is 0 Å². The summed E-state index contributed by atoms with van der Waals surface area (Å²) in [5, 5.41) is 0. The Balaban J connectivity index is 0. The molecule has 0 aliphatic heterocycles. The molecule has 0 aliphatic carbocycles. The van der Waals surface area contributed by atoms with Crippen LogP contribution in [0.3, 0.4) is 0 Å². The van der Waals surface area contributed by atoms with Crippen molar-refractivity contribution in [3.8, 4) is 0 Å². The fraction of sp³-hybridized carbons (Fsp3) is 0.333. The van der Waals surface area contributed by atoms with Crippen LogP contribution >= 0.6 is 0 Å². The van der Waals surface area contributed by atoms with Crippen molar-refractivity contribution in [3.63, 3.8) is 0 Å². The molecule has 0 heterocycles. The molecule has 2 heteroatoms. The fourth-order valence-corrected chi connectivity index (χ4v) is 0.235. The maximum absolute atomic E-state index is 4.90. The number of hydrogen-bond donors (Lipinski definition) is 1. The zero-order valence-electron chi connectivity index (χ0n) is 4.84. The van der Waals surface area contributed by atoms with Crippen molar-refractivity contribution in [2.45, 2.75) is 0 Å². The molecule has 1 radical (unpaired) electrons. The summed E-state index contributed by atoms with van der Waals surface area (Å²) in [4.78, 5) is 0. The van der Waals surface area contributed by atoms with Crippen LogP contribution in [0.4, 0.5) is 0 Å². The molecular formula is C6H11O2. The Labute approximate surface area is 49.8 Å². The molecule has 0 bridgehead atoms. The van der Waals surface area contributed by atoms with Gasteiger partial charge in [0.05, 0.1) is 13.2 Å². The Morgan fingerprint density at radius 3 is 1.75 bits per heavy atom. The molecular weight excluding hydrogens is 104 g/mol. The van der Waals surface area contributed by atoms with Crippen molar-refractivity contribution in [1.82, 2.24) is 0 Å². The predicted molar refractivity (Wildman–Crippen MR) is 33.1 cm³/mol. The van der Waals surface area contributed by atoms with Gasteiger partial charge >= 0.3 is 0 Å². The van der Waals surface area contributed by atoms with Crippen LogP contribution in [0, 0.1) is 0 Å². The van der Waals surface area contributed by atoms with Gasteiger partial charge in [-0.15, -0.1) is 13.2 Å². The van der Waals surface area contributed by atoms with E-state index in [-0.39, 0.29) is 5.48 Å². The summed E-state index contributed by atoms with van der Waals surface area (Å²) in [7, 11) is 0. The fourth-order valence-electron chi connectivity index (χ4n) is 0.235. The molecule has 2 nitrogen and oxygen atoms in total. The molecule has 0 spiro atoms. The topological polar surface area (TPSA) is 39.2 Å². The maximum atomic E-state index is 4.90. The Hall–Kier alpha value is -0.600. The standard InChI is InChI=1S/C6H10O.HO/c1-3-5-7-6-4-2;/h3-4H,1-2,5-6H2;1H. The third-order valence-electron chi connectivity index (χ3n) is 0.471. The summed E-state index contributed by atoms with van der Waals surface area (Å²) in [5.74, 6) is 0. The first-order valence-electron chi connectivity index (χ1n) is 2.21. The zero-order valence-corrected chi connectivity index (χ0v) is 4.84. The van der Waals surface area contributed by atoms with Gasteiger partial charge in [0.2, 0.25) is 0 Å². The largest absolute Gasteiger partial charge is 0.373 e. The molecule has 0 saturated carbocycles. The molecule has 0 saturated heterocycles. The highest BCUT2D eigenvalue weighted by atomic mass is 16.5. The van der Waals surface area contributed by atoms with Crippen molar-refractivity contribution >= 4 is 0 Å². The summed E-state index contributed by atoms with van der Waals surface area (Å²) < 4.78 is 4.90. The van der Waals surface area contributed by atoms with Crippen LogP contribution in [0.2, 0.25) is 0 Å². The minimum atomic E-state index is 0. The van der Waals surface area contributed by atoms with Gasteiger partial charge in [0, 0.05) is 0 Å². The molecule has 0 aromatic carbocycles. The van der Waals surface area contributed by atoms with E-state index in [0.717, 1.165) is 0 Å². The molecule has 0 amide bonds. The quantitative estimate of drug-likeness (QED) is 0.434.